The second kappa shape index (κ2) is 5.64. The summed E-state index contributed by atoms with van der Waals surface area (Å²) in [7, 11) is -2.22. The van der Waals surface area contributed by atoms with E-state index < -0.39 is 10.0 Å². The quantitative estimate of drug-likeness (QED) is 0.705. The van der Waals surface area contributed by atoms with Crippen LogP contribution in [0.5, 0.6) is 0 Å². The zero-order valence-corrected chi connectivity index (χ0v) is 13.8. The van der Waals surface area contributed by atoms with Gasteiger partial charge in [-0.1, -0.05) is 12.1 Å². The first-order valence-corrected chi connectivity index (χ1v) is 8.59. The largest absolute Gasteiger partial charge is 0.326 e. The molecular formula is C16H15N3O4S. The number of imidazole rings is 1. The molecule has 3 rings (SSSR count). The van der Waals surface area contributed by atoms with E-state index >= 15 is 0 Å². The molecule has 0 saturated carbocycles. The van der Waals surface area contributed by atoms with Gasteiger partial charge in [-0.15, -0.1) is 0 Å². The minimum absolute atomic E-state index is 0.00291. The Morgan fingerprint density at radius 2 is 1.92 bits per heavy atom. The summed E-state index contributed by atoms with van der Waals surface area (Å²) in [5.41, 5.74) is 1.55. The van der Waals surface area contributed by atoms with Gasteiger partial charge in [0.05, 0.1) is 21.6 Å². The summed E-state index contributed by atoms with van der Waals surface area (Å²) in [6, 6.07) is 10.6. The lowest BCUT2D eigenvalue weighted by molar-refractivity contribution is 0.101. The number of ketones is 1. The predicted octanol–water partition coefficient (Wildman–Crippen LogP) is 1.87. The summed E-state index contributed by atoms with van der Waals surface area (Å²) >= 11 is 0. The van der Waals surface area contributed by atoms with Gasteiger partial charge in [-0.25, -0.2) is 13.2 Å². The molecule has 1 aromatic heterocycles. The first-order chi connectivity index (χ1) is 11.3. The zero-order valence-electron chi connectivity index (χ0n) is 13.0. The Kier molecular flexibility index (Phi) is 3.76. The van der Waals surface area contributed by atoms with Crippen molar-refractivity contribution in [2.45, 2.75) is 11.8 Å². The number of nitrogens with zero attached hydrogens (tertiary/aromatic N) is 1. The highest BCUT2D eigenvalue weighted by atomic mass is 32.2. The molecule has 124 valence electrons. The van der Waals surface area contributed by atoms with Crippen LogP contribution < -0.4 is 10.4 Å². The number of fused-ring (bicyclic) bond motifs is 1. The van der Waals surface area contributed by atoms with E-state index in [0.29, 0.717) is 22.3 Å². The molecule has 2 aromatic carbocycles. The van der Waals surface area contributed by atoms with Gasteiger partial charge < -0.3 is 4.98 Å². The molecule has 0 saturated heterocycles. The van der Waals surface area contributed by atoms with Gasteiger partial charge in [-0.05, 0) is 37.3 Å². The van der Waals surface area contributed by atoms with Crippen LogP contribution in [0.25, 0.3) is 11.0 Å². The first kappa shape index (κ1) is 16.0. The molecule has 0 aliphatic rings. The third-order valence-electron chi connectivity index (χ3n) is 3.71. The fourth-order valence-corrected chi connectivity index (χ4v) is 3.49. The summed E-state index contributed by atoms with van der Waals surface area (Å²) in [5.74, 6) is -0.213. The van der Waals surface area contributed by atoms with E-state index in [4.69, 9.17) is 0 Å². The number of anilines is 1. The van der Waals surface area contributed by atoms with Crippen LogP contribution in [0.15, 0.2) is 52.2 Å². The molecule has 0 unspecified atom stereocenters. The average Bonchev–Trinajstić information content (AvgIpc) is 2.81. The molecule has 0 spiro atoms. The molecule has 24 heavy (non-hydrogen) atoms. The van der Waals surface area contributed by atoms with Crippen LogP contribution in [0.2, 0.25) is 0 Å². The SMILES string of the molecule is CC(=O)c1cccc(S(=O)(=O)Nc2ccc3c(c2)[nH]c(=O)n3C)c1. The van der Waals surface area contributed by atoms with Gasteiger partial charge in [0.25, 0.3) is 10.0 Å². The van der Waals surface area contributed by atoms with Gasteiger partial charge in [0.1, 0.15) is 0 Å². The molecule has 0 atom stereocenters. The third kappa shape index (κ3) is 2.83. The number of carbonyl (C=O) groups is 1. The minimum Gasteiger partial charge on any atom is -0.305 e. The molecule has 0 radical (unpaired) electrons. The minimum atomic E-state index is -3.84. The standard InChI is InChI=1S/C16H15N3O4S/c1-10(20)11-4-3-5-13(8-11)24(22,23)18-12-6-7-15-14(9-12)17-16(21)19(15)2/h3-9,18H,1-2H3,(H,17,21). The lowest BCUT2D eigenvalue weighted by Crippen LogP contribution is -2.13. The second-order valence-electron chi connectivity index (χ2n) is 5.41. The fraction of sp³-hybridized carbons (Fsp3) is 0.125. The number of carbonyl (C=O) groups excluding carboxylic acids is 1. The fourth-order valence-electron chi connectivity index (χ4n) is 2.40. The highest BCUT2D eigenvalue weighted by Gasteiger charge is 2.16. The van der Waals surface area contributed by atoms with Crippen LogP contribution in [0.1, 0.15) is 17.3 Å². The molecule has 1 heterocycles. The number of aryl methyl sites for hydroxylation is 1. The van der Waals surface area contributed by atoms with Crippen molar-refractivity contribution < 1.29 is 13.2 Å². The number of nitrogens with one attached hydrogen (secondary N) is 2. The molecule has 0 aliphatic heterocycles. The normalized spacial score (nSPS) is 11.6. The van der Waals surface area contributed by atoms with Gasteiger partial charge in [0, 0.05) is 12.6 Å². The Balaban J connectivity index is 1.99. The predicted molar refractivity (Wildman–Crippen MR) is 90.8 cm³/mol. The number of hydrogen-bond donors (Lipinski definition) is 2. The number of aromatic nitrogens is 2. The van der Waals surface area contributed by atoms with E-state index in [2.05, 4.69) is 9.71 Å². The van der Waals surface area contributed by atoms with Crippen LogP contribution in [0, 0.1) is 0 Å². The van der Waals surface area contributed by atoms with E-state index in [9.17, 15) is 18.0 Å². The molecular weight excluding hydrogens is 330 g/mol. The number of benzene rings is 2. The Hall–Kier alpha value is -2.87. The molecule has 0 fully saturated rings. The number of aromatic amines is 1. The van der Waals surface area contributed by atoms with Gasteiger partial charge >= 0.3 is 5.69 Å². The first-order valence-electron chi connectivity index (χ1n) is 7.10. The van der Waals surface area contributed by atoms with Crippen LogP contribution in [-0.4, -0.2) is 23.8 Å². The van der Waals surface area contributed by atoms with Crippen molar-refractivity contribution in [2.24, 2.45) is 7.05 Å². The van der Waals surface area contributed by atoms with Crippen LogP contribution in [0.3, 0.4) is 0 Å². The summed E-state index contributed by atoms with van der Waals surface area (Å²) in [6.07, 6.45) is 0. The number of rotatable bonds is 4. The van der Waals surface area contributed by atoms with E-state index in [1.807, 2.05) is 0 Å². The monoisotopic (exact) mass is 345 g/mol. The maximum Gasteiger partial charge on any atom is 0.326 e. The summed E-state index contributed by atoms with van der Waals surface area (Å²) in [5, 5.41) is 0. The highest BCUT2D eigenvalue weighted by Crippen LogP contribution is 2.20. The van der Waals surface area contributed by atoms with Crippen LogP contribution in [-0.2, 0) is 17.1 Å². The van der Waals surface area contributed by atoms with Crippen LogP contribution >= 0.6 is 0 Å². The average molecular weight is 345 g/mol. The Labute approximate surface area is 138 Å². The summed E-state index contributed by atoms with van der Waals surface area (Å²) < 4.78 is 28.9. The van der Waals surface area contributed by atoms with Crippen molar-refractivity contribution in [2.75, 3.05) is 4.72 Å². The Morgan fingerprint density at radius 1 is 1.17 bits per heavy atom. The number of H-pyrrole nitrogens is 1. The van der Waals surface area contributed by atoms with Crippen molar-refractivity contribution in [3.05, 3.63) is 58.5 Å². The maximum atomic E-state index is 12.5. The van der Waals surface area contributed by atoms with Crippen molar-refractivity contribution >= 4 is 32.5 Å². The van der Waals surface area contributed by atoms with Crippen molar-refractivity contribution in [1.29, 1.82) is 0 Å². The highest BCUT2D eigenvalue weighted by molar-refractivity contribution is 7.92. The van der Waals surface area contributed by atoms with Crippen molar-refractivity contribution in [3.63, 3.8) is 0 Å². The van der Waals surface area contributed by atoms with E-state index in [0.717, 1.165) is 0 Å². The zero-order chi connectivity index (χ0) is 17.5. The molecule has 0 aliphatic carbocycles. The number of hydrogen-bond acceptors (Lipinski definition) is 4. The lowest BCUT2D eigenvalue weighted by atomic mass is 10.2. The van der Waals surface area contributed by atoms with Crippen molar-refractivity contribution in [1.82, 2.24) is 9.55 Å². The molecule has 7 nitrogen and oxygen atoms in total. The van der Waals surface area contributed by atoms with E-state index in [1.165, 1.54) is 29.7 Å². The Bertz CT molecular complexity index is 1110. The molecule has 3 aromatic rings. The number of Topliss-reactive ketones (excluding diaryl/α,β-unsaturated/α-hetero) is 1. The summed E-state index contributed by atoms with van der Waals surface area (Å²) in [4.78, 5) is 25.6. The second-order valence-corrected chi connectivity index (χ2v) is 7.09. The molecule has 0 bridgehead atoms. The van der Waals surface area contributed by atoms with Gasteiger partial charge in [0.2, 0.25) is 0 Å². The van der Waals surface area contributed by atoms with E-state index in [-0.39, 0.29) is 16.4 Å². The topological polar surface area (TPSA) is 101 Å². The van der Waals surface area contributed by atoms with Gasteiger partial charge in [-0.3, -0.25) is 14.1 Å². The third-order valence-corrected chi connectivity index (χ3v) is 5.09. The van der Waals surface area contributed by atoms with Gasteiger partial charge in [0.15, 0.2) is 5.78 Å². The van der Waals surface area contributed by atoms with E-state index in [1.54, 1.807) is 31.3 Å². The summed E-state index contributed by atoms with van der Waals surface area (Å²) in [6.45, 7) is 1.37. The number of sulfonamides is 1. The van der Waals surface area contributed by atoms with Crippen molar-refractivity contribution in [3.8, 4) is 0 Å². The Morgan fingerprint density at radius 3 is 2.62 bits per heavy atom. The molecule has 8 heteroatoms. The maximum absolute atomic E-state index is 12.5. The molecule has 0 amide bonds. The van der Waals surface area contributed by atoms with Crippen LogP contribution in [0.4, 0.5) is 5.69 Å². The smallest absolute Gasteiger partial charge is 0.305 e. The molecule has 2 N–H and O–H groups in total. The van der Waals surface area contributed by atoms with Gasteiger partial charge in [-0.2, -0.15) is 0 Å². The lowest BCUT2D eigenvalue weighted by Gasteiger charge is -2.09.